The van der Waals surface area contributed by atoms with Crippen molar-refractivity contribution in [1.82, 2.24) is 15.5 Å². The first kappa shape index (κ1) is 13.6. The van der Waals surface area contributed by atoms with Gasteiger partial charge in [-0.05, 0) is 20.3 Å². The van der Waals surface area contributed by atoms with Crippen LogP contribution in [-0.4, -0.2) is 16.2 Å². The Morgan fingerprint density at radius 2 is 2.06 bits per heavy atom. The first-order chi connectivity index (χ1) is 7.72. The smallest absolute Gasteiger partial charge is 0.131 e. The lowest BCUT2D eigenvalue weighted by atomic mass is 10.1. The number of hydrogen-bond donors (Lipinski definition) is 1. The summed E-state index contributed by atoms with van der Waals surface area (Å²) in [6, 6.07) is 0.584. The molecule has 1 heterocycles. The minimum atomic E-state index is 0.584. The van der Waals surface area contributed by atoms with Crippen LogP contribution in [0.3, 0.4) is 0 Å². The number of aromatic nitrogens is 2. The Labute approximate surface area is 103 Å². The van der Waals surface area contributed by atoms with Crippen LogP contribution >= 0.6 is 11.3 Å². The fraction of sp³-hybridized carbons (Fsp3) is 0.833. The van der Waals surface area contributed by atoms with E-state index >= 15 is 0 Å². The van der Waals surface area contributed by atoms with Gasteiger partial charge in [-0.2, -0.15) is 0 Å². The largest absolute Gasteiger partial charge is 0.308 e. The molecule has 0 saturated carbocycles. The zero-order valence-corrected chi connectivity index (χ0v) is 11.4. The molecule has 92 valence electrons. The van der Waals surface area contributed by atoms with Gasteiger partial charge in [0.1, 0.15) is 10.0 Å². The van der Waals surface area contributed by atoms with Crippen molar-refractivity contribution in [3.05, 3.63) is 10.0 Å². The molecule has 1 N–H and O–H groups in total. The van der Waals surface area contributed by atoms with E-state index in [4.69, 9.17) is 0 Å². The van der Waals surface area contributed by atoms with E-state index in [0.717, 1.165) is 16.6 Å². The summed E-state index contributed by atoms with van der Waals surface area (Å²) in [4.78, 5) is 0. The van der Waals surface area contributed by atoms with Gasteiger partial charge in [0.25, 0.3) is 0 Å². The van der Waals surface area contributed by atoms with E-state index in [0.29, 0.717) is 6.04 Å². The number of rotatable bonds is 8. The quantitative estimate of drug-likeness (QED) is 0.710. The Hall–Kier alpha value is -0.480. The third-order valence-corrected chi connectivity index (χ3v) is 3.50. The zero-order valence-electron chi connectivity index (χ0n) is 10.6. The van der Waals surface area contributed by atoms with Crippen molar-refractivity contribution in [1.29, 1.82) is 0 Å². The molecular formula is C12H23N3S. The average Bonchev–Trinajstić information content (AvgIpc) is 2.68. The number of nitrogens with one attached hydrogen (secondary N) is 1. The van der Waals surface area contributed by atoms with Gasteiger partial charge in [0.15, 0.2) is 0 Å². The van der Waals surface area contributed by atoms with Crippen LogP contribution in [0.2, 0.25) is 0 Å². The van der Waals surface area contributed by atoms with Crippen LogP contribution in [0.25, 0.3) is 0 Å². The molecule has 0 aliphatic carbocycles. The highest BCUT2D eigenvalue weighted by Gasteiger charge is 2.04. The molecule has 0 amide bonds. The van der Waals surface area contributed by atoms with Crippen molar-refractivity contribution < 1.29 is 0 Å². The minimum absolute atomic E-state index is 0.584. The predicted octanol–water partition coefficient (Wildman–Crippen LogP) is 3.30. The second-order valence-corrected chi connectivity index (χ2v) is 5.61. The maximum absolute atomic E-state index is 4.10. The Balaban J connectivity index is 2.08. The zero-order chi connectivity index (χ0) is 11.8. The maximum atomic E-state index is 4.10. The van der Waals surface area contributed by atoms with E-state index < -0.39 is 0 Å². The van der Waals surface area contributed by atoms with E-state index in [-0.39, 0.29) is 0 Å². The van der Waals surface area contributed by atoms with Gasteiger partial charge in [-0.3, -0.25) is 0 Å². The molecule has 0 radical (unpaired) electrons. The van der Waals surface area contributed by atoms with Crippen molar-refractivity contribution in [2.45, 2.75) is 65.5 Å². The fourth-order valence-electron chi connectivity index (χ4n) is 1.65. The predicted molar refractivity (Wildman–Crippen MR) is 69.7 cm³/mol. The lowest BCUT2D eigenvalue weighted by molar-refractivity contribution is 0.481. The highest BCUT2D eigenvalue weighted by atomic mass is 32.1. The third kappa shape index (κ3) is 5.56. The molecule has 1 unspecified atom stereocenters. The molecule has 0 bridgehead atoms. The van der Waals surface area contributed by atoms with E-state index in [1.165, 1.54) is 32.1 Å². The highest BCUT2D eigenvalue weighted by molar-refractivity contribution is 7.11. The molecule has 1 atom stereocenters. The second-order valence-electron chi connectivity index (χ2n) is 4.35. The second kappa shape index (κ2) is 7.74. The third-order valence-electron chi connectivity index (χ3n) is 2.66. The van der Waals surface area contributed by atoms with Gasteiger partial charge in [0.2, 0.25) is 0 Å². The number of hydrogen-bond acceptors (Lipinski definition) is 4. The van der Waals surface area contributed by atoms with Crippen molar-refractivity contribution >= 4 is 11.3 Å². The lowest BCUT2D eigenvalue weighted by Gasteiger charge is -2.11. The Morgan fingerprint density at radius 1 is 1.25 bits per heavy atom. The summed E-state index contributed by atoms with van der Waals surface area (Å²) in [5.74, 6) is 0. The molecule has 1 rings (SSSR count). The van der Waals surface area contributed by atoms with Crippen molar-refractivity contribution in [2.24, 2.45) is 0 Å². The number of nitrogens with zero attached hydrogens (tertiary/aromatic N) is 2. The first-order valence-corrected chi connectivity index (χ1v) is 7.06. The van der Waals surface area contributed by atoms with Crippen molar-refractivity contribution in [3.8, 4) is 0 Å². The summed E-state index contributed by atoms with van der Waals surface area (Å²) < 4.78 is 0. The van der Waals surface area contributed by atoms with Gasteiger partial charge in [-0.1, -0.05) is 32.6 Å². The Morgan fingerprint density at radius 3 is 2.69 bits per heavy atom. The van der Waals surface area contributed by atoms with Crippen molar-refractivity contribution in [3.63, 3.8) is 0 Å². The summed E-state index contributed by atoms with van der Waals surface area (Å²) in [7, 11) is 0. The van der Waals surface area contributed by atoms with E-state index in [2.05, 4.69) is 29.4 Å². The van der Waals surface area contributed by atoms with E-state index in [9.17, 15) is 0 Å². The average molecular weight is 241 g/mol. The Kier molecular flexibility index (Phi) is 6.57. The van der Waals surface area contributed by atoms with Gasteiger partial charge in [-0.15, -0.1) is 21.5 Å². The van der Waals surface area contributed by atoms with Crippen LogP contribution < -0.4 is 5.32 Å². The lowest BCUT2D eigenvalue weighted by Crippen LogP contribution is -2.25. The monoisotopic (exact) mass is 241 g/mol. The van der Waals surface area contributed by atoms with Crippen LogP contribution in [-0.2, 0) is 6.54 Å². The molecule has 0 spiro atoms. The first-order valence-electron chi connectivity index (χ1n) is 6.24. The molecular weight excluding hydrogens is 218 g/mol. The summed E-state index contributed by atoms with van der Waals surface area (Å²) in [6.07, 6.45) is 6.63. The van der Waals surface area contributed by atoms with Gasteiger partial charge in [0, 0.05) is 12.6 Å². The normalized spacial score (nSPS) is 12.9. The van der Waals surface area contributed by atoms with Gasteiger partial charge in [0.05, 0.1) is 0 Å². The Bertz CT molecular complexity index is 286. The van der Waals surface area contributed by atoms with Crippen LogP contribution in [0.15, 0.2) is 0 Å². The molecule has 1 aromatic rings. The molecule has 16 heavy (non-hydrogen) atoms. The summed E-state index contributed by atoms with van der Waals surface area (Å²) in [6.45, 7) is 7.36. The van der Waals surface area contributed by atoms with Gasteiger partial charge in [-0.25, -0.2) is 0 Å². The SMILES string of the molecule is CCCCCCC(C)NCc1nnc(C)s1. The molecule has 3 nitrogen and oxygen atoms in total. The molecule has 0 aliphatic rings. The maximum Gasteiger partial charge on any atom is 0.131 e. The van der Waals surface area contributed by atoms with Gasteiger partial charge < -0.3 is 5.32 Å². The molecule has 4 heteroatoms. The standard InChI is InChI=1S/C12H23N3S/c1-4-5-6-7-8-10(2)13-9-12-15-14-11(3)16-12/h10,13H,4-9H2,1-3H3. The van der Waals surface area contributed by atoms with Crippen LogP contribution in [0.5, 0.6) is 0 Å². The van der Waals surface area contributed by atoms with E-state index in [1.807, 2.05) is 6.92 Å². The molecule has 0 saturated heterocycles. The summed E-state index contributed by atoms with van der Waals surface area (Å²) >= 11 is 1.68. The molecule has 1 aromatic heterocycles. The minimum Gasteiger partial charge on any atom is -0.308 e. The van der Waals surface area contributed by atoms with Crippen LogP contribution in [0.1, 0.15) is 56.0 Å². The molecule has 0 fully saturated rings. The summed E-state index contributed by atoms with van der Waals surface area (Å²) in [5.41, 5.74) is 0. The highest BCUT2D eigenvalue weighted by Crippen LogP contribution is 2.09. The fourth-order valence-corrected chi connectivity index (χ4v) is 2.31. The van der Waals surface area contributed by atoms with Crippen LogP contribution in [0, 0.1) is 6.92 Å². The number of unbranched alkanes of at least 4 members (excludes halogenated alkanes) is 3. The molecule has 0 aromatic carbocycles. The summed E-state index contributed by atoms with van der Waals surface area (Å²) in [5, 5.41) is 13.8. The van der Waals surface area contributed by atoms with E-state index in [1.54, 1.807) is 11.3 Å². The van der Waals surface area contributed by atoms with Crippen LogP contribution in [0.4, 0.5) is 0 Å². The van der Waals surface area contributed by atoms with Gasteiger partial charge >= 0.3 is 0 Å². The number of aryl methyl sites for hydroxylation is 1. The molecule has 0 aliphatic heterocycles. The van der Waals surface area contributed by atoms with Crippen molar-refractivity contribution in [2.75, 3.05) is 0 Å². The topological polar surface area (TPSA) is 37.8 Å².